The molecule has 0 aromatic rings. The quantitative estimate of drug-likeness (QED) is 0.161. The summed E-state index contributed by atoms with van der Waals surface area (Å²) in [5.41, 5.74) is 5.64. The van der Waals surface area contributed by atoms with Gasteiger partial charge in [0.1, 0.15) is 13.1 Å². The van der Waals surface area contributed by atoms with E-state index in [2.05, 4.69) is 53.6 Å². The molecule has 3 N–H and O–H groups in total. The predicted molar refractivity (Wildman–Crippen MR) is 165 cm³/mol. The number of carboxylic acids is 1. The first-order chi connectivity index (χ1) is 21.0. The van der Waals surface area contributed by atoms with Crippen LogP contribution in [0.2, 0.25) is 0 Å². The lowest BCUT2D eigenvalue weighted by Crippen LogP contribution is -2.47. The number of fused-ring (bicyclic) bond motifs is 8. The summed E-state index contributed by atoms with van der Waals surface area (Å²) in [5.74, 6) is 0.0699. The Morgan fingerprint density at radius 3 is 2.66 bits per heavy atom. The molecule has 1 amide bonds. The average molecular weight is 631 g/mol. The Morgan fingerprint density at radius 2 is 1.89 bits per heavy atom. The van der Waals surface area contributed by atoms with Crippen LogP contribution in [0, 0.1) is 28.6 Å². The fourth-order valence-electron chi connectivity index (χ4n) is 10.7. The Kier molecular flexibility index (Phi) is 7.96. The van der Waals surface area contributed by atoms with Crippen LogP contribution in [0.5, 0.6) is 0 Å². The summed E-state index contributed by atoms with van der Waals surface area (Å²) in [6, 6.07) is 0.992. The van der Waals surface area contributed by atoms with Crippen LogP contribution >= 0.6 is 12.0 Å². The van der Waals surface area contributed by atoms with E-state index in [1.54, 1.807) is 0 Å². The summed E-state index contributed by atoms with van der Waals surface area (Å²) >= 11 is 1.25. The lowest BCUT2D eigenvalue weighted by Gasteiger charge is -2.43. The Balaban J connectivity index is 1.18. The molecule has 10 nitrogen and oxygen atoms in total. The van der Waals surface area contributed by atoms with E-state index in [0.717, 1.165) is 64.5 Å². The van der Waals surface area contributed by atoms with E-state index < -0.39 is 5.97 Å². The maximum absolute atomic E-state index is 12.5. The van der Waals surface area contributed by atoms with Gasteiger partial charge in [0.25, 0.3) is 0 Å². The number of hydrogen-bond acceptors (Lipinski definition) is 8. The van der Waals surface area contributed by atoms with Crippen LogP contribution in [-0.4, -0.2) is 86.6 Å². The standard InChI is InChI=1S/C33H47N3O7S/c1-32(2)22-13-18(14-28(37)34-17-29(38)39)5-7-24(22)35-11-9-26-20(30(32)35)16-21-27(41-26)10-12-36-25-8-6-19(44-43-42-40)15-23(25)33(3,4)31(21)36/h16,18-19,22-27H,5-15,17H2,1-4H3,(H2-,34,37,38,39,40)/p+1. The van der Waals surface area contributed by atoms with Crippen molar-refractivity contribution in [1.29, 1.82) is 0 Å². The second kappa shape index (κ2) is 11.4. The van der Waals surface area contributed by atoms with Gasteiger partial charge in [-0.15, -0.1) is 4.33 Å². The number of carbonyl (C=O) groups excluding carboxylic acids is 1. The van der Waals surface area contributed by atoms with Gasteiger partial charge in [-0.1, -0.05) is 18.9 Å². The van der Waals surface area contributed by atoms with Crippen molar-refractivity contribution in [2.45, 2.75) is 115 Å². The molecule has 0 aromatic carbocycles. The van der Waals surface area contributed by atoms with Gasteiger partial charge in [0, 0.05) is 77.3 Å². The first kappa shape index (κ1) is 30.7. The molecule has 242 valence electrons. The molecule has 5 aliphatic heterocycles. The van der Waals surface area contributed by atoms with E-state index >= 15 is 0 Å². The lowest BCUT2D eigenvalue weighted by molar-refractivity contribution is -0.571. The van der Waals surface area contributed by atoms with Crippen molar-refractivity contribution in [1.82, 2.24) is 10.2 Å². The monoisotopic (exact) mass is 630 g/mol. The van der Waals surface area contributed by atoms with E-state index in [0.29, 0.717) is 35.6 Å². The normalized spacial score (nSPS) is 38.1. The zero-order chi connectivity index (χ0) is 31.0. The fraction of sp³-hybridized carbons (Fsp3) is 0.788. The number of carbonyl (C=O) groups is 2. The molecule has 0 bridgehead atoms. The topological polar surface area (TPSA) is 121 Å². The van der Waals surface area contributed by atoms with Gasteiger partial charge in [-0.25, -0.2) is 9.83 Å². The number of nitrogens with zero attached hydrogens (tertiary/aromatic N) is 2. The van der Waals surface area contributed by atoms with Gasteiger partial charge in [0.05, 0.1) is 17.6 Å². The first-order valence-corrected chi connectivity index (χ1v) is 17.5. The number of hydrogen-bond donors (Lipinski definition) is 3. The molecular weight excluding hydrogens is 582 g/mol. The van der Waals surface area contributed by atoms with Crippen LogP contribution in [0.3, 0.4) is 0 Å². The zero-order valence-electron chi connectivity index (χ0n) is 26.4. The maximum Gasteiger partial charge on any atom is 0.322 e. The molecule has 0 spiro atoms. The summed E-state index contributed by atoms with van der Waals surface area (Å²) in [5, 5.41) is 24.5. The zero-order valence-corrected chi connectivity index (χ0v) is 27.2. The lowest BCUT2D eigenvalue weighted by atomic mass is 9.66. The van der Waals surface area contributed by atoms with E-state index in [9.17, 15) is 9.59 Å². The van der Waals surface area contributed by atoms with Crippen LogP contribution in [0.1, 0.15) is 85.5 Å². The molecule has 44 heavy (non-hydrogen) atoms. The highest BCUT2D eigenvalue weighted by molar-refractivity contribution is 7.95. The summed E-state index contributed by atoms with van der Waals surface area (Å²) in [7, 11) is 0. The van der Waals surface area contributed by atoms with Gasteiger partial charge in [0.15, 0.2) is 11.8 Å². The Bertz CT molecular complexity index is 1310. The molecule has 8 atom stereocenters. The second-order valence-electron chi connectivity index (χ2n) is 15.3. The maximum atomic E-state index is 12.5. The Morgan fingerprint density at radius 1 is 1.07 bits per heavy atom. The molecule has 7 aliphatic rings. The van der Waals surface area contributed by atoms with Crippen molar-refractivity contribution < 1.29 is 38.6 Å². The number of nitrogens with one attached hydrogen (secondary N) is 1. The molecule has 0 radical (unpaired) electrons. The van der Waals surface area contributed by atoms with Crippen LogP contribution in [0.4, 0.5) is 0 Å². The van der Waals surface area contributed by atoms with Crippen LogP contribution in [-0.2, 0) is 23.7 Å². The number of allylic oxidation sites excluding steroid dienone is 1. The summed E-state index contributed by atoms with van der Waals surface area (Å²) in [4.78, 5) is 26.1. The molecule has 8 unspecified atom stereocenters. The number of rotatable bonds is 7. The van der Waals surface area contributed by atoms with Crippen LogP contribution in [0.15, 0.2) is 22.9 Å². The van der Waals surface area contributed by atoms with E-state index in [4.69, 9.17) is 19.4 Å². The largest absolute Gasteiger partial charge is 0.480 e. The third-order valence-electron chi connectivity index (χ3n) is 12.4. The van der Waals surface area contributed by atoms with Crippen molar-refractivity contribution in [3.05, 3.63) is 22.9 Å². The molecule has 5 heterocycles. The third-order valence-corrected chi connectivity index (χ3v) is 13.2. The summed E-state index contributed by atoms with van der Waals surface area (Å²) in [6.45, 7) is 11.4. The molecule has 2 saturated carbocycles. The second-order valence-corrected chi connectivity index (χ2v) is 16.3. The van der Waals surface area contributed by atoms with Crippen molar-refractivity contribution in [2.24, 2.45) is 28.6 Å². The number of ether oxygens (including phenoxy) is 1. The fourth-order valence-corrected chi connectivity index (χ4v) is 11.3. The van der Waals surface area contributed by atoms with Crippen LogP contribution in [0.25, 0.3) is 0 Å². The first-order valence-electron chi connectivity index (χ1n) is 16.7. The van der Waals surface area contributed by atoms with Gasteiger partial charge in [-0.3, -0.25) is 9.59 Å². The number of aliphatic carboxylic acids is 1. The van der Waals surface area contributed by atoms with Gasteiger partial charge in [-0.2, -0.15) is 0 Å². The van der Waals surface area contributed by atoms with Crippen molar-refractivity contribution in [2.75, 3.05) is 19.6 Å². The Hall–Kier alpha value is -1.92. The van der Waals surface area contributed by atoms with Gasteiger partial charge in [-0.05, 0) is 70.3 Å². The molecular formula is C33H48N3O7S+. The predicted octanol–water partition coefficient (Wildman–Crippen LogP) is 4.56. The molecule has 3 fully saturated rings. The highest BCUT2D eigenvalue weighted by Crippen LogP contribution is 2.59. The summed E-state index contributed by atoms with van der Waals surface area (Å²) < 4.78 is 14.6. The van der Waals surface area contributed by atoms with E-state index in [1.807, 2.05) is 0 Å². The van der Waals surface area contributed by atoms with Gasteiger partial charge >= 0.3 is 5.97 Å². The molecule has 7 rings (SSSR count). The van der Waals surface area contributed by atoms with E-state index in [-0.39, 0.29) is 41.4 Å². The van der Waals surface area contributed by atoms with Crippen molar-refractivity contribution in [3.63, 3.8) is 0 Å². The Labute approximate surface area is 264 Å². The third kappa shape index (κ3) is 4.96. The average Bonchev–Trinajstić information content (AvgIpc) is 3.37. The molecule has 1 saturated heterocycles. The minimum Gasteiger partial charge on any atom is -0.480 e. The van der Waals surface area contributed by atoms with Crippen molar-refractivity contribution >= 4 is 29.6 Å². The summed E-state index contributed by atoms with van der Waals surface area (Å²) in [6.07, 6.45) is 11.5. The smallest absolute Gasteiger partial charge is 0.322 e. The molecule has 2 aliphatic carbocycles. The minimum atomic E-state index is -1.00. The SMILES string of the molecule is CC1(C)C2=C3C=C4C5=[N+](CCC4OC3CCN2C2CCC(CC(=O)NCC(=O)O)CC21)C1CCC(SOOO)CC1C5(C)C. The minimum absolute atomic E-state index is 0.00212. The van der Waals surface area contributed by atoms with Crippen molar-refractivity contribution in [3.8, 4) is 0 Å². The molecule has 0 aromatic heterocycles. The van der Waals surface area contributed by atoms with Crippen LogP contribution < -0.4 is 5.32 Å². The van der Waals surface area contributed by atoms with Gasteiger partial charge < -0.3 is 20.1 Å². The van der Waals surface area contributed by atoms with Gasteiger partial charge in [0.2, 0.25) is 5.91 Å². The van der Waals surface area contributed by atoms with E-state index in [1.165, 1.54) is 34.6 Å². The number of amides is 1. The molecule has 11 heteroatoms. The highest BCUT2D eigenvalue weighted by atomic mass is 32.2. The number of carboxylic acid groups (broad SMARTS) is 1. The highest BCUT2D eigenvalue weighted by Gasteiger charge is 2.61.